The van der Waals surface area contributed by atoms with Gasteiger partial charge >= 0.3 is 0 Å². The van der Waals surface area contributed by atoms with Gasteiger partial charge in [0.15, 0.2) is 0 Å². The van der Waals surface area contributed by atoms with Crippen molar-refractivity contribution in [2.24, 2.45) is 5.73 Å². The fourth-order valence-electron chi connectivity index (χ4n) is 3.07. The highest BCUT2D eigenvalue weighted by atomic mass is 19.3. The van der Waals surface area contributed by atoms with Crippen molar-refractivity contribution in [3.63, 3.8) is 0 Å². The minimum Gasteiger partial charge on any atom is -0.377 e. The molecule has 1 fully saturated rings. The molecule has 2 rings (SSSR count). The van der Waals surface area contributed by atoms with Gasteiger partial charge in [-0.15, -0.1) is 0 Å². The highest BCUT2D eigenvalue weighted by molar-refractivity contribution is 5.27. The summed E-state index contributed by atoms with van der Waals surface area (Å²) >= 11 is 0. The molecule has 1 aromatic carbocycles. The molecule has 1 aromatic rings. The van der Waals surface area contributed by atoms with Crippen LogP contribution < -0.4 is 5.73 Å². The van der Waals surface area contributed by atoms with E-state index in [-0.39, 0.29) is 17.2 Å². The third kappa shape index (κ3) is 3.78. The molecule has 1 aliphatic heterocycles. The van der Waals surface area contributed by atoms with E-state index in [4.69, 9.17) is 10.5 Å². The number of alkyl halides is 2. The molecule has 3 nitrogen and oxygen atoms in total. The van der Waals surface area contributed by atoms with Gasteiger partial charge in [0.25, 0.3) is 6.43 Å². The summed E-state index contributed by atoms with van der Waals surface area (Å²) in [5.41, 5.74) is 6.64. The zero-order valence-corrected chi connectivity index (χ0v) is 12.7. The van der Waals surface area contributed by atoms with Gasteiger partial charge in [0.1, 0.15) is 0 Å². The average molecular weight is 298 g/mol. The fourth-order valence-corrected chi connectivity index (χ4v) is 3.07. The Bertz CT molecular complexity index is 469. The Hall–Kier alpha value is -1.04. The van der Waals surface area contributed by atoms with Gasteiger partial charge in [-0.1, -0.05) is 18.2 Å². The predicted octanol–water partition coefficient (Wildman–Crippen LogP) is 3.12. The molecule has 0 radical (unpaired) electrons. The highest BCUT2D eigenvalue weighted by Gasteiger charge is 2.34. The van der Waals surface area contributed by atoms with E-state index in [1.165, 1.54) is 6.07 Å². The van der Waals surface area contributed by atoms with Crippen LogP contribution in [0.5, 0.6) is 0 Å². The number of piperidine rings is 1. The van der Waals surface area contributed by atoms with Crippen molar-refractivity contribution in [1.82, 2.24) is 4.90 Å². The third-order valence-electron chi connectivity index (χ3n) is 4.39. The number of nitrogens with zero attached hydrogens (tertiary/aromatic N) is 1. The van der Waals surface area contributed by atoms with Gasteiger partial charge in [-0.3, -0.25) is 4.90 Å². The molecule has 1 saturated heterocycles. The van der Waals surface area contributed by atoms with Crippen LogP contribution in [-0.2, 0) is 4.74 Å². The zero-order valence-electron chi connectivity index (χ0n) is 12.7. The third-order valence-corrected chi connectivity index (χ3v) is 4.39. The van der Waals surface area contributed by atoms with Crippen LogP contribution in [0.15, 0.2) is 24.3 Å². The number of rotatable bonds is 5. The Kier molecular flexibility index (Phi) is 5.30. The molecular formula is C16H24F2N2O. The van der Waals surface area contributed by atoms with Crippen molar-refractivity contribution in [1.29, 1.82) is 0 Å². The van der Waals surface area contributed by atoms with E-state index in [1.54, 1.807) is 19.2 Å². The number of benzene rings is 1. The summed E-state index contributed by atoms with van der Waals surface area (Å²) < 4.78 is 31.3. The molecule has 0 aromatic heterocycles. The smallest absolute Gasteiger partial charge is 0.263 e. The topological polar surface area (TPSA) is 38.5 Å². The quantitative estimate of drug-likeness (QED) is 0.907. The maximum atomic E-state index is 12.9. The summed E-state index contributed by atoms with van der Waals surface area (Å²) in [7, 11) is 1.72. The number of ether oxygens (including phenoxy) is 1. The summed E-state index contributed by atoms with van der Waals surface area (Å²) in [5.74, 6) is 0. The van der Waals surface area contributed by atoms with E-state index in [1.807, 2.05) is 6.07 Å². The highest BCUT2D eigenvalue weighted by Crippen LogP contribution is 2.31. The molecule has 5 heteroatoms. The van der Waals surface area contributed by atoms with Gasteiger partial charge < -0.3 is 10.5 Å². The van der Waals surface area contributed by atoms with E-state index < -0.39 is 6.43 Å². The summed E-state index contributed by atoms with van der Waals surface area (Å²) in [6.45, 7) is 4.18. The van der Waals surface area contributed by atoms with Crippen LogP contribution in [0.3, 0.4) is 0 Å². The SMILES string of the molecule is COC1(C)CCCN(C(CN)c2cccc(C(F)F)c2)C1. The number of halogens is 2. The van der Waals surface area contributed by atoms with Crippen LogP contribution in [0.2, 0.25) is 0 Å². The van der Waals surface area contributed by atoms with Crippen LogP contribution in [-0.4, -0.2) is 37.2 Å². The second-order valence-electron chi connectivity index (χ2n) is 5.95. The van der Waals surface area contributed by atoms with Crippen molar-refractivity contribution < 1.29 is 13.5 Å². The Morgan fingerprint density at radius 2 is 2.10 bits per heavy atom. The van der Waals surface area contributed by atoms with Crippen LogP contribution in [0.4, 0.5) is 8.78 Å². The molecule has 2 unspecified atom stereocenters. The van der Waals surface area contributed by atoms with Crippen molar-refractivity contribution in [2.45, 2.75) is 37.8 Å². The molecule has 21 heavy (non-hydrogen) atoms. The van der Waals surface area contributed by atoms with Gasteiger partial charge in [-0.25, -0.2) is 8.78 Å². The van der Waals surface area contributed by atoms with Gasteiger partial charge in [0.2, 0.25) is 0 Å². The van der Waals surface area contributed by atoms with Crippen molar-refractivity contribution in [3.8, 4) is 0 Å². The maximum absolute atomic E-state index is 12.9. The van der Waals surface area contributed by atoms with Gasteiger partial charge in [-0.05, 0) is 37.9 Å². The van der Waals surface area contributed by atoms with Gasteiger partial charge in [0, 0.05) is 31.8 Å². The lowest BCUT2D eigenvalue weighted by Gasteiger charge is -2.43. The standard InChI is InChI=1S/C16H24F2N2O/c1-16(21-2)7-4-8-20(11-16)14(10-19)12-5-3-6-13(9-12)15(17)18/h3,5-6,9,14-15H,4,7-8,10-11,19H2,1-2H3. The molecule has 0 spiro atoms. The molecule has 118 valence electrons. The van der Waals surface area contributed by atoms with Crippen molar-refractivity contribution >= 4 is 0 Å². The van der Waals surface area contributed by atoms with Crippen LogP contribution in [0.25, 0.3) is 0 Å². The molecule has 0 bridgehead atoms. The molecule has 2 atom stereocenters. The number of nitrogens with two attached hydrogens (primary N) is 1. The Morgan fingerprint density at radius 1 is 1.38 bits per heavy atom. The molecule has 1 aliphatic rings. The predicted molar refractivity (Wildman–Crippen MR) is 79.4 cm³/mol. The lowest BCUT2D eigenvalue weighted by Crippen LogP contribution is -2.49. The largest absolute Gasteiger partial charge is 0.377 e. The first-order valence-corrected chi connectivity index (χ1v) is 7.36. The summed E-state index contributed by atoms with van der Waals surface area (Å²) in [4.78, 5) is 2.25. The average Bonchev–Trinajstić information content (AvgIpc) is 2.48. The maximum Gasteiger partial charge on any atom is 0.263 e. The van der Waals surface area contributed by atoms with E-state index >= 15 is 0 Å². The molecule has 0 amide bonds. The summed E-state index contributed by atoms with van der Waals surface area (Å²) in [6.07, 6.45) is -0.419. The molecule has 0 saturated carbocycles. The van der Waals surface area contributed by atoms with Crippen LogP contribution in [0, 0.1) is 0 Å². The van der Waals surface area contributed by atoms with E-state index in [2.05, 4.69) is 11.8 Å². The second-order valence-corrected chi connectivity index (χ2v) is 5.95. The normalized spacial score (nSPS) is 25.2. The lowest BCUT2D eigenvalue weighted by atomic mass is 9.92. The zero-order chi connectivity index (χ0) is 15.5. The Labute approximate surface area is 125 Å². The first kappa shape index (κ1) is 16.3. The summed E-state index contributed by atoms with van der Waals surface area (Å²) in [5, 5.41) is 0. The fraction of sp³-hybridized carbons (Fsp3) is 0.625. The van der Waals surface area contributed by atoms with E-state index in [0.717, 1.165) is 31.5 Å². The number of methoxy groups -OCH3 is 1. The number of hydrogen-bond donors (Lipinski definition) is 1. The van der Waals surface area contributed by atoms with Gasteiger partial charge in [0.05, 0.1) is 5.60 Å². The van der Waals surface area contributed by atoms with E-state index in [0.29, 0.717) is 6.54 Å². The second kappa shape index (κ2) is 6.81. The molecule has 0 aliphatic carbocycles. The monoisotopic (exact) mass is 298 g/mol. The minimum atomic E-state index is -2.45. The summed E-state index contributed by atoms with van der Waals surface area (Å²) in [6, 6.07) is 6.54. The first-order valence-electron chi connectivity index (χ1n) is 7.36. The van der Waals surface area contributed by atoms with Crippen molar-refractivity contribution in [3.05, 3.63) is 35.4 Å². The van der Waals surface area contributed by atoms with Crippen LogP contribution >= 0.6 is 0 Å². The Morgan fingerprint density at radius 3 is 2.71 bits per heavy atom. The Balaban J connectivity index is 2.21. The van der Waals surface area contributed by atoms with E-state index in [9.17, 15) is 8.78 Å². The number of likely N-dealkylation sites (tertiary alicyclic amines) is 1. The minimum absolute atomic E-state index is 0.0431. The molecule has 2 N–H and O–H groups in total. The number of hydrogen-bond acceptors (Lipinski definition) is 3. The first-order chi connectivity index (χ1) is 9.99. The lowest BCUT2D eigenvalue weighted by molar-refractivity contribution is -0.0608. The van der Waals surface area contributed by atoms with Crippen LogP contribution in [0.1, 0.15) is 43.4 Å². The van der Waals surface area contributed by atoms with Gasteiger partial charge in [-0.2, -0.15) is 0 Å². The van der Waals surface area contributed by atoms with Crippen molar-refractivity contribution in [2.75, 3.05) is 26.7 Å². The molecule has 1 heterocycles. The molecular weight excluding hydrogens is 274 g/mol.